The van der Waals surface area contributed by atoms with Crippen LogP contribution in [0.15, 0.2) is 48.5 Å². The van der Waals surface area contributed by atoms with Crippen molar-refractivity contribution >= 4 is 17.6 Å². The van der Waals surface area contributed by atoms with E-state index in [0.717, 1.165) is 29.7 Å². The van der Waals surface area contributed by atoms with E-state index in [1.165, 1.54) is 37.7 Å². The number of amides is 1. The Morgan fingerprint density at radius 1 is 1.05 bits per heavy atom. The number of benzene rings is 2. The smallest absolute Gasteiger partial charge is 0.323 e. The molecule has 4 rings (SSSR count). The lowest BCUT2D eigenvalue weighted by Crippen LogP contribution is -2.51. The third kappa shape index (κ3) is 7.44. The summed E-state index contributed by atoms with van der Waals surface area (Å²) in [6, 6.07) is 16.0. The molecular weight excluding hydrogens is 460 g/mol. The number of carbonyl (C=O) groups is 2. The molecule has 1 aliphatic carbocycles. The zero-order valence-electron chi connectivity index (χ0n) is 22.8. The summed E-state index contributed by atoms with van der Waals surface area (Å²) < 4.78 is 5.50. The van der Waals surface area contributed by atoms with Crippen molar-refractivity contribution in [2.45, 2.75) is 96.6 Å². The van der Waals surface area contributed by atoms with Gasteiger partial charge in [0.05, 0.1) is 12.5 Å². The molecule has 0 radical (unpaired) electrons. The fraction of sp³-hybridized carbons (Fsp3) is 0.562. The molecule has 1 amide bonds. The largest absolute Gasteiger partial charge is 0.465 e. The summed E-state index contributed by atoms with van der Waals surface area (Å²) in [6.07, 6.45) is 9.49. The average Bonchev–Trinajstić information content (AvgIpc) is 3.03. The summed E-state index contributed by atoms with van der Waals surface area (Å²) in [5, 5.41) is 6.82. The van der Waals surface area contributed by atoms with Gasteiger partial charge in [0.15, 0.2) is 0 Å². The second kappa shape index (κ2) is 13.2. The Labute approximate surface area is 222 Å². The highest BCUT2D eigenvalue weighted by atomic mass is 16.5. The number of anilines is 1. The molecule has 1 heterocycles. The molecule has 0 bridgehead atoms. The molecule has 2 aliphatic rings. The van der Waals surface area contributed by atoms with Crippen LogP contribution in [0.4, 0.5) is 5.69 Å². The van der Waals surface area contributed by atoms with E-state index in [-0.39, 0.29) is 23.8 Å². The van der Waals surface area contributed by atoms with Crippen molar-refractivity contribution < 1.29 is 14.3 Å². The average molecular weight is 505 g/mol. The lowest BCUT2D eigenvalue weighted by atomic mass is 9.84. The number of fused-ring (bicyclic) bond motifs is 1. The Hall–Kier alpha value is -2.66. The molecule has 37 heavy (non-hydrogen) atoms. The SMILES string of the molecule is CCOC(=O)[C@H](CCC1CCCCC1)NC1Cc2ccccc2NC(=O)[C@@H]1Cc1ccc(C(C)C)cc1. The van der Waals surface area contributed by atoms with Crippen LogP contribution >= 0.6 is 0 Å². The van der Waals surface area contributed by atoms with E-state index in [4.69, 9.17) is 4.74 Å². The molecule has 1 fully saturated rings. The van der Waals surface area contributed by atoms with Gasteiger partial charge in [-0.1, -0.05) is 88.4 Å². The van der Waals surface area contributed by atoms with Crippen molar-refractivity contribution in [2.24, 2.45) is 11.8 Å². The van der Waals surface area contributed by atoms with Crippen LogP contribution in [0.25, 0.3) is 0 Å². The minimum absolute atomic E-state index is 0.00488. The molecule has 1 unspecified atom stereocenters. The third-order valence-corrected chi connectivity index (χ3v) is 8.21. The first-order valence-corrected chi connectivity index (χ1v) is 14.3. The van der Waals surface area contributed by atoms with Gasteiger partial charge in [-0.05, 0) is 67.2 Å². The molecular formula is C32H44N2O3. The first-order valence-electron chi connectivity index (χ1n) is 14.3. The van der Waals surface area contributed by atoms with Crippen LogP contribution in [0.5, 0.6) is 0 Å². The molecule has 2 N–H and O–H groups in total. The van der Waals surface area contributed by atoms with Crippen LogP contribution in [-0.2, 0) is 27.2 Å². The predicted octanol–water partition coefficient (Wildman–Crippen LogP) is 6.41. The van der Waals surface area contributed by atoms with Crippen LogP contribution in [0.1, 0.15) is 88.3 Å². The summed E-state index contributed by atoms with van der Waals surface area (Å²) in [5.74, 6) is 0.653. The number of rotatable bonds is 10. The van der Waals surface area contributed by atoms with Gasteiger partial charge in [0, 0.05) is 11.7 Å². The fourth-order valence-electron chi connectivity index (χ4n) is 5.96. The number of ether oxygens (including phenoxy) is 1. The minimum atomic E-state index is -0.407. The quantitative estimate of drug-likeness (QED) is 0.367. The second-order valence-corrected chi connectivity index (χ2v) is 11.2. The van der Waals surface area contributed by atoms with Crippen LogP contribution in [0.2, 0.25) is 0 Å². The van der Waals surface area contributed by atoms with E-state index in [9.17, 15) is 9.59 Å². The predicted molar refractivity (Wildman–Crippen MR) is 150 cm³/mol. The number of hydrogen-bond acceptors (Lipinski definition) is 4. The summed E-state index contributed by atoms with van der Waals surface area (Å²) in [6.45, 7) is 6.59. The Kier molecular flexibility index (Phi) is 9.79. The van der Waals surface area contributed by atoms with Gasteiger partial charge in [-0.3, -0.25) is 9.59 Å². The van der Waals surface area contributed by atoms with Gasteiger partial charge < -0.3 is 15.4 Å². The van der Waals surface area contributed by atoms with Crippen LogP contribution in [-0.4, -0.2) is 30.6 Å². The molecule has 1 aliphatic heterocycles. The first-order chi connectivity index (χ1) is 17.9. The highest BCUT2D eigenvalue weighted by Crippen LogP contribution is 2.30. The Bertz CT molecular complexity index is 1030. The Morgan fingerprint density at radius 3 is 2.49 bits per heavy atom. The molecule has 0 spiro atoms. The van der Waals surface area contributed by atoms with Crippen molar-refractivity contribution in [3.8, 4) is 0 Å². The van der Waals surface area contributed by atoms with Gasteiger partial charge in [-0.15, -0.1) is 0 Å². The number of hydrogen-bond donors (Lipinski definition) is 2. The molecule has 1 saturated carbocycles. The van der Waals surface area contributed by atoms with Crippen LogP contribution < -0.4 is 10.6 Å². The van der Waals surface area contributed by atoms with E-state index < -0.39 is 6.04 Å². The molecule has 200 valence electrons. The maximum atomic E-state index is 13.6. The highest BCUT2D eigenvalue weighted by molar-refractivity contribution is 5.95. The Balaban J connectivity index is 1.57. The molecule has 2 aromatic carbocycles. The van der Waals surface area contributed by atoms with Gasteiger partial charge in [-0.25, -0.2) is 0 Å². The first kappa shape index (κ1) is 27.4. The Morgan fingerprint density at radius 2 is 1.78 bits per heavy atom. The molecule has 0 aromatic heterocycles. The van der Waals surface area contributed by atoms with Gasteiger partial charge >= 0.3 is 5.97 Å². The van der Waals surface area contributed by atoms with Gasteiger partial charge in [0.2, 0.25) is 5.91 Å². The van der Waals surface area contributed by atoms with Crippen LogP contribution in [0.3, 0.4) is 0 Å². The lowest BCUT2D eigenvalue weighted by molar-refractivity contribution is -0.146. The lowest BCUT2D eigenvalue weighted by Gasteiger charge is -2.30. The molecule has 0 saturated heterocycles. The van der Waals surface area contributed by atoms with E-state index in [1.54, 1.807) is 0 Å². The van der Waals surface area contributed by atoms with E-state index in [2.05, 4.69) is 54.8 Å². The number of nitrogens with one attached hydrogen (secondary N) is 2. The van der Waals surface area contributed by atoms with Crippen molar-refractivity contribution in [3.05, 3.63) is 65.2 Å². The molecule has 3 atom stereocenters. The van der Waals surface area contributed by atoms with Crippen molar-refractivity contribution in [1.29, 1.82) is 0 Å². The highest BCUT2D eigenvalue weighted by Gasteiger charge is 2.36. The summed E-state index contributed by atoms with van der Waals surface area (Å²) >= 11 is 0. The summed E-state index contributed by atoms with van der Waals surface area (Å²) in [5.41, 5.74) is 4.39. The van der Waals surface area contributed by atoms with E-state index in [1.807, 2.05) is 25.1 Å². The second-order valence-electron chi connectivity index (χ2n) is 11.2. The van der Waals surface area contributed by atoms with Gasteiger partial charge in [0.1, 0.15) is 6.04 Å². The number of para-hydroxylation sites is 1. The number of carbonyl (C=O) groups excluding carboxylic acids is 2. The molecule has 5 nitrogen and oxygen atoms in total. The molecule has 2 aromatic rings. The zero-order chi connectivity index (χ0) is 26.2. The van der Waals surface area contributed by atoms with Gasteiger partial charge in [0.25, 0.3) is 0 Å². The van der Waals surface area contributed by atoms with Crippen molar-refractivity contribution in [3.63, 3.8) is 0 Å². The standard InChI is InChI=1S/C32H44N2O3/c1-4-37-32(36)29(19-16-23-10-6-5-7-11-23)33-30-21-26-12-8-9-13-28(26)34-31(35)27(30)20-24-14-17-25(18-15-24)22(2)3/h8-9,12-15,17-18,22-23,27,29-30,33H,4-7,10-11,16,19-21H2,1-3H3,(H,34,35)/t27-,29+,30?/m1/s1. The normalized spacial score (nSPS) is 21.1. The monoisotopic (exact) mass is 504 g/mol. The summed E-state index contributed by atoms with van der Waals surface area (Å²) in [4.78, 5) is 26.7. The maximum Gasteiger partial charge on any atom is 0.323 e. The molecule has 5 heteroatoms. The van der Waals surface area contributed by atoms with E-state index >= 15 is 0 Å². The minimum Gasteiger partial charge on any atom is -0.465 e. The van der Waals surface area contributed by atoms with E-state index in [0.29, 0.717) is 31.3 Å². The van der Waals surface area contributed by atoms with Crippen molar-refractivity contribution in [1.82, 2.24) is 5.32 Å². The topological polar surface area (TPSA) is 67.4 Å². The summed E-state index contributed by atoms with van der Waals surface area (Å²) in [7, 11) is 0. The van der Waals surface area contributed by atoms with Crippen molar-refractivity contribution in [2.75, 3.05) is 11.9 Å². The third-order valence-electron chi connectivity index (χ3n) is 8.21. The zero-order valence-corrected chi connectivity index (χ0v) is 22.8. The fourth-order valence-corrected chi connectivity index (χ4v) is 5.96. The van der Waals surface area contributed by atoms with Crippen LogP contribution in [0, 0.1) is 11.8 Å². The maximum absolute atomic E-state index is 13.6. The number of esters is 1. The van der Waals surface area contributed by atoms with Gasteiger partial charge in [-0.2, -0.15) is 0 Å².